The zero-order chi connectivity index (χ0) is 18.3. The van der Waals surface area contributed by atoms with Crippen molar-refractivity contribution in [1.82, 2.24) is 5.32 Å². The van der Waals surface area contributed by atoms with Crippen LogP contribution in [0.15, 0.2) is 23.3 Å². The van der Waals surface area contributed by atoms with E-state index < -0.39 is 0 Å². The SMILES string of the molecule is CCCCCCCCCCCCCCCCC1=CC=C2CCNC2CC1. The summed E-state index contributed by atoms with van der Waals surface area (Å²) in [5.41, 5.74) is 3.36. The van der Waals surface area contributed by atoms with Gasteiger partial charge in [0.25, 0.3) is 0 Å². The van der Waals surface area contributed by atoms with Crippen LogP contribution >= 0.6 is 0 Å². The van der Waals surface area contributed by atoms with E-state index >= 15 is 0 Å². The fourth-order valence-electron chi connectivity index (χ4n) is 4.58. The fourth-order valence-corrected chi connectivity index (χ4v) is 4.58. The Kier molecular flexibility index (Phi) is 12.1. The molecule has 0 amide bonds. The first-order valence-corrected chi connectivity index (χ1v) is 12.0. The van der Waals surface area contributed by atoms with Gasteiger partial charge in [0.2, 0.25) is 0 Å². The van der Waals surface area contributed by atoms with Gasteiger partial charge in [-0.25, -0.2) is 0 Å². The van der Waals surface area contributed by atoms with Crippen molar-refractivity contribution in [3.63, 3.8) is 0 Å². The molecule has 1 saturated heterocycles. The van der Waals surface area contributed by atoms with Crippen LogP contribution in [0.3, 0.4) is 0 Å². The Bertz CT molecular complexity index is 406. The highest BCUT2D eigenvalue weighted by atomic mass is 14.9. The van der Waals surface area contributed by atoms with Gasteiger partial charge in [0, 0.05) is 6.04 Å². The van der Waals surface area contributed by atoms with E-state index in [0.29, 0.717) is 6.04 Å². The normalized spacial score (nSPS) is 19.8. The summed E-state index contributed by atoms with van der Waals surface area (Å²) in [5.74, 6) is 0. The van der Waals surface area contributed by atoms with Gasteiger partial charge in [0.15, 0.2) is 0 Å². The lowest BCUT2D eigenvalue weighted by Gasteiger charge is -2.11. The Balaban J connectivity index is 1.34. The first-order chi connectivity index (χ1) is 12.9. The molecule has 0 aromatic rings. The summed E-state index contributed by atoms with van der Waals surface area (Å²) in [6.45, 7) is 3.49. The highest BCUT2D eigenvalue weighted by Crippen LogP contribution is 2.26. The summed E-state index contributed by atoms with van der Waals surface area (Å²) >= 11 is 0. The summed E-state index contributed by atoms with van der Waals surface area (Å²) < 4.78 is 0. The van der Waals surface area contributed by atoms with Gasteiger partial charge in [-0.3, -0.25) is 0 Å². The van der Waals surface area contributed by atoms with E-state index in [4.69, 9.17) is 0 Å². The summed E-state index contributed by atoms with van der Waals surface area (Å²) in [5, 5.41) is 3.64. The highest BCUT2D eigenvalue weighted by molar-refractivity contribution is 5.27. The zero-order valence-electron chi connectivity index (χ0n) is 17.7. The summed E-state index contributed by atoms with van der Waals surface area (Å²) in [7, 11) is 0. The molecule has 0 saturated carbocycles. The maximum absolute atomic E-state index is 3.64. The van der Waals surface area contributed by atoms with E-state index in [1.807, 2.05) is 0 Å². The molecule has 0 spiro atoms. The second-order valence-electron chi connectivity index (χ2n) is 8.71. The molecule has 26 heavy (non-hydrogen) atoms. The molecule has 1 heterocycles. The van der Waals surface area contributed by atoms with Crippen molar-refractivity contribution in [3.05, 3.63) is 23.3 Å². The molecule has 1 unspecified atom stereocenters. The van der Waals surface area contributed by atoms with Crippen LogP contribution in [-0.4, -0.2) is 12.6 Å². The molecule has 1 nitrogen and oxygen atoms in total. The summed E-state index contributed by atoms with van der Waals surface area (Å²) in [6, 6.07) is 0.695. The minimum absolute atomic E-state index is 0.695. The van der Waals surface area contributed by atoms with E-state index in [-0.39, 0.29) is 0 Å². The average molecular weight is 360 g/mol. The van der Waals surface area contributed by atoms with Crippen molar-refractivity contribution in [1.29, 1.82) is 0 Å². The monoisotopic (exact) mass is 359 g/mol. The van der Waals surface area contributed by atoms with Gasteiger partial charge in [-0.1, -0.05) is 114 Å². The molecule has 0 bridgehead atoms. The second-order valence-corrected chi connectivity index (χ2v) is 8.71. The highest BCUT2D eigenvalue weighted by Gasteiger charge is 2.21. The van der Waals surface area contributed by atoms with Gasteiger partial charge < -0.3 is 5.32 Å². The Hall–Kier alpha value is -0.560. The predicted molar refractivity (Wildman–Crippen MR) is 117 cm³/mol. The number of unbranched alkanes of at least 4 members (excludes halogenated alkanes) is 13. The van der Waals surface area contributed by atoms with Gasteiger partial charge >= 0.3 is 0 Å². The van der Waals surface area contributed by atoms with Crippen LogP contribution in [0, 0.1) is 0 Å². The molecule has 0 aromatic carbocycles. The van der Waals surface area contributed by atoms with Crippen LogP contribution < -0.4 is 5.32 Å². The third-order valence-electron chi connectivity index (χ3n) is 6.39. The molecule has 150 valence electrons. The number of allylic oxidation sites excluding steroid dienone is 3. The van der Waals surface area contributed by atoms with E-state index in [1.54, 1.807) is 11.1 Å². The maximum atomic E-state index is 3.64. The molecule has 2 rings (SSSR count). The van der Waals surface area contributed by atoms with Crippen LogP contribution in [0.1, 0.15) is 122 Å². The van der Waals surface area contributed by atoms with Crippen LogP contribution in [0.25, 0.3) is 0 Å². The molecule has 0 radical (unpaired) electrons. The van der Waals surface area contributed by atoms with Gasteiger partial charge in [-0.2, -0.15) is 0 Å². The Morgan fingerprint density at radius 1 is 0.731 bits per heavy atom. The van der Waals surface area contributed by atoms with Crippen LogP contribution in [0.2, 0.25) is 0 Å². The second kappa shape index (κ2) is 14.5. The van der Waals surface area contributed by atoms with Crippen molar-refractivity contribution in [3.8, 4) is 0 Å². The smallest absolute Gasteiger partial charge is 0.0286 e. The maximum Gasteiger partial charge on any atom is 0.0286 e. The Morgan fingerprint density at radius 2 is 1.31 bits per heavy atom. The number of nitrogens with one attached hydrogen (secondary N) is 1. The standard InChI is InChI=1S/C25H45N/c1-2-3-4-5-6-7-8-9-10-11-12-13-14-15-16-23-17-19-24-21-22-26-25(24)20-18-23/h17,19,25-26H,2-16,18,20-22H2,1H3. The van der Waals surface area contributed by atoms with Crippen molar-refractivity contribution < 1.29 is 0 Å². The van der Waals surface area contributed by atoms with Crippen molar-refractivity contribution in [2.75, 3.05) is 6.54 Å². The van der Waals surface area contributed by atoms with Crippen molar-refractivity contribution in [2.24, 2.45) is 0 Å². The lowest BCUT2D eigenvalue weighted by atomic mass is 10.00. The van der Waals surface area contributed by atoms with Gasteiger partial charge in [0.05, 0.1) is 0 Å². The van der Waals surface area contributed by atoms with E-state index in [2.05, 4.69) is 24.4 Å². The first kappa shape index (κ1) is 21.7. The molecule has 1 atom stereocenters. The van der Waals surface area contributed by atoms with Gasteiger partial charge in [-0.15, -0.1) is 0 Å². The van der Waals surface area contributed by atoms with E-state index in [1.165, 1.54) is 122 Å². The lowest BCUT2D eigenvalue weighted by molar-refractivity contribution is 0.534. The third-order valence-corrected chi connectivity index (χ3v) is 6.39. The van der Waals surface area contributed by atoms with Crippen molar-refractivity contribution >= 4 is 0 Å². The number of fused-ring (bicyclic) bond motifs is 1. The quantitative estimate of drug-likeness (QED) is 0.293. The topological polar surface area (TPSA) is 12.0 Å². The van der Waals surface area contributed by atoms with Gasteiger partial charge in [-0.05, 0) is 38.6 Å². The zero-order valence-corrected chi connectivity index (χ0v) is 17.7. The van der Waals surface area contributed by atoms with E-state index in [0.717, 1.165) is 0 Å². The van der Waals surface area contributed by atoms with Crippen LogP contribution in [0.5, 0.6) is 0 Å². The fraction of sp³-hybridized carbons (Fsp3) is 0.840. The van der Waals surface area contributed by atoms with Gasteiger partial charge in [0.1, 0.15) is 0 Å². The molecule has 0 aromatic heterocycles. The number of hydrogen-bond donors (Lipinski definition) is 1. The molecular weight excluding hydrogens is 314 g/mol. The summed E-state index contributed by atoms with van der Waals surface area (Å²) in [6.07, 6.45) is 30.5. The average Bonchev–Trinajstić information content (AvgIpc) is 3.02. The molecular formula is C25H45N. The lowest BCUT2D eigenvalue weighted by Crippen LogP contribution is -2.21. The Labute approximate surface area is 164 Å². The molecule has 1 heteroatoms. The minimum Gasteiger partial charge on any atom is -0.310 e. The summed E-state index contributed by atoms with van der Waals surface area (Å²) in [4.78, 5) is 0. The number of rotatable bonds is 15. The molecule has 1 N–H and O–H groups in total. The predicted octanol–water partition coefficient (Wildman–Crippen LogP) is 7.87. The molecule has 2 aliphatic rings. The first-order valence-electron chi connectivity index (χ1n) is 12.0. The Morgan fingerprint density at radius 3 is 1.92 bits per heavy atom. The van der Waals surface area contributed by atoms with Crippen LogP contribution in [-0.2, 0) is 0 Å². The van der Waals surface area contributed by atoms with E-state index in [9.17, 15) is 0 Å². The third kappa shape index (κ3) is 9.40. The van der Waals surface area contributed by atoms with Crippen molar-refractivity contribution in [2.45, 2.75) is 129 Å². The molecule has 1 aliphatic heterocycles. The minimum atomic E-state index is 0.695. The molecule has 1 fully saturated rings. The van der Waals surface area contributed by atoms with Crippen LogP contribution in [0.4, 0.5) is 0 Å². The molecule has 1 aliphatic carbocycles. The number of hydrogen-bond acceptors (Lipinski definition) is 1. The largest absolute Gasteiger partial charge is 0.310 e.